The molecule has 1 aromatic rings. The van der Waals surface area contributed by atoms with Crippen LogP contribution in [0.4, 0.5) is 10.5 Å². The first-order valence-electron chi connectivity index (χ1n) is 5.54. The zero-order chi connectivity index (χ0) is 13.6. The van der Waals surface area contributed by atoms with Crippen LogP contribution in [0.1, 0.15) is 19.8 Å². The first-order valence-corrected chi connectivity index (χ1v) is 6.95. The quantitative estimate of drug-likeness (QED) is 0.393. The molecule has 0 unspecified atom stereocenters. The molecule has 0 heterocycles. The SMILES string of the molecule is CCCCNC(=O)Nc1cccc(S(=O)(=O)[O-])c1.[Na+]. The second kappa shape index (κ2) is 8.55. The summed E-state index contributed by atoms with van der Waals surface area (Å²) < 4.78 is 32.4. The third-order valence-electron chi connectivity index (χ3n) is 2.20. The van der Waals surface area contributed by atoms with Crippen molar-refractivity contribution in [3.63, 3.8) is 0 Å². The Bertz CT molecular complexity index is 519. The number of amides is 2. The fourth-order valence-electron chi connectivity index (χ4n) is 1.28. The Morgan fingerprint density at radius 2 is 2.05 bits per heavy atom. The predicted molar refractivity (Wildman–Crippen MR) is 66.3 cm³/mol. The Hall–Kier alpha value is -0.600. The minimum Gasteiger partial charge on any atom is -0.744 e. The van der Waals surface area contributed by atoms with Gasteiger partial charge in [0, 0.05) is 12.2 Å². The van der Waals surface area contributed by atoms with Crippen molar-refractivity contribution in [2.24, 2.45) is 0 Å². The van der Waals surface area contributed by atoms with Gasteiger partial charge in [-0.15, -0.1) is 0 Å². The van der Waals surface area contributed by atoms with E-state index in [1.807, 2.05) is 6.92 Å². The molecule has 0 aromatic heterocycles. The monoisotopic (exact) mass is 294 g/mol. The van der Waals surface area contributed by atoms with E-state index in [-0.39, 0.29) is 40.1 Å². The summed E-state index contributed by atoms with van der Waals surface area (Å²) in [6.07, 6.45) is 1.83. The maximum atomic E-state index is 11.4. The average Bonchev–Trinajstić information content (AvgIpc) is 2.28. The van der Waals surface area contributed by atoms with Gasteiger partial charge in [-0.25, -0.2) is 13.2 Å². The summed E-state index contributed by atoms with van der Waals surface area (Å²) in [7, 11) is -4.50. The van der Waals surface area contributed by atoms with Crippen LogP contribution in [0.15, 0.2) is 29.2 Å². The van der Waals surface area contributed by atoms with Crippen LogP contribution in [0.5, 0.6) is 0 Å². The van der Waals surface area contributed by atoms with E-state index in [1.165, 1.54) is 18.2 Å². The van der Waals surface area contributed by atoms with Crippen LogP contribution in [-0.4, -0.2) is 25.5 Å². The van der Waals surface area contributed by atoms with Gasteiger partial charge in [0.1, 0.15) is 10.1 Å². The maximum absolute atomic E-state index is 11.4. The summed E-state index contributed by atoms with van der Waals surface area (Å²) in [4.78, 5) is 11.0. The number of carbonyl (C=O) groups is 1. The van der Waals surface area contributed by atoms with Crippen molar-refractivity contribution in [2.45, 2.75) is 24.7 Å². The zero-order valence-electron chi connectivity index (χ0n) is 11.0. The number of benzene rings is 1. The number of carbonyl (C=O) groups excluding carboxylic acids is 1. The Morgan fingerprint density at radius 1 is 1.37 bits per heavy atom. The van der Waals surface area contributed by atoms with E-state index in [1.54, 1.807) is 0 Å². The fourth-order valence-corrected chi connectivity index (χ4v) is 1.80. The normalized spacial score (nSPS) is 10.4. The van der Waals surface area contributed by atoms with Crippen LogP contribution in [0.3, 0.4) is 0 Å². The third kappa shape index (κ3) is 6.93. The standard InChI is InChI=1S/C11H16N2O4S.Na/c1-2-3-7-12-11(14)13-9-5-4-6-10(8-9)18(15,16)17;/h4-6,8H,2-3,7H2,1H3,(H2,12,13,14)(H,15,16,17);/q;+1/p-1. The molecule has 19 heavy (non-hydrogen) atoms. The Kier molecular flexibility index (Phi) is 8.28. The van der Waals surface area contributed by atoms with Crippen molar-refractivity contribution in [3.8, 4) is 0 Å². The third-order valence-corrected chi connectivity index (χ3v) is 3.03. The van der Waals surface area contributed by atoms with Crippen LogP contribution in [0.25, 0.3) is 0 Å². The molecule has 0 aliphatic rings. The number of anilines is 1. The molecule has 0 aliphatic heterocycles. The van der Waals surface area contributed by atoms with Crippen molar-refractivity contribution in [1.29, 1.82) is 0 Å². The molecule has 0 aliphatic carbocycles. The van der Waals surface area contributed by atoms with Crippen molar-refractivity contribution in [2.75, 3.05) is 11.9 Å². The fraction of sp³-hybridized carbons (Fsp3) is 0.364. The predicted octanol–water partition coefficient (Wildman–Crippen LogP) is -1.48. The summed E-state index contributed by atoms with van der Waals surface area (Å²) in [5, 5.41) is 5.07. The van der Waals surface area contributed by atoms with Crippen molar-refractivity contribution >= 4 is 21.8 Å². The van der Waals surface area contributed by atoms with Gasteiger partial charge in [-0.3, -0.25) is 0 Å². The first kappa shape index (κ1) is 18.4. The molecule has 0 fully saturated rings. The minimum atomic E-state index is -4.50. The van der Waals surface area contributed by atoms with E-state index < -0.39 is 16.1 Å². The molecule has 1 rings (SSSR count). The minimum absolute atomic E-state index is 0. The largest absolute Gasteiger partial charge is 1.00 e. The van der Waals surface area contributed by atoms with Gasteiger partial charge in [-0.2, -0.15) is 0 Å². The maximum Gasteiger partial charge on any atom is 1.00 e. The number of nitrogens with one attached hydrogen (secondary N) is 2. The molecule has 0 atom stereocenters. The average molecular weight is 294 g/mol. The van der Waals surface area contributed by atoms with Crippen LogP contribution >= 0.6 is 0 Å². The van der Waals surface area contributed by atoms with Gasteiger partial charge in [0.15, 0.2) is 0 Å². The number of urea groups is 1. The van der Waals surface area contributed by atoms with Gasteiger partial charge < -0.3 is 15.2 Å². The summed E-state index contributed by atoms with van der Waals surface area (Å²) in [6.45, 7) is 2.55. The molecular weight excluding hydrogens is 279 g/mol. The molecule has 1 aromatic carbocycles. The van der Waals surface area contributed by atoms with E-state index in [9.17, 15) is 17.8 Å². The van der Waals surface area contributed by atoms with Gasteiger partial charge in [-0.1, -0.05) is 19.4 Å². The summed E-state index contributed by atoms with van der Waals surface area (Å²) in [5.41, 5.74) is 0.265. The number of unbranched alkanes of at least 4 members (excludes halogenated alkanes) is 1. The molecule has 0 radical (unpaired) electrons. The molecule has 100 valence electrons. The van der Waals surface area contributed by atoms with E-state index in [2.05, 4.69) is 10.6 Å². The van der Waals surface area contributed by atoms with E-state index in [0.717, 1.165) is 18.9 Å². The molecule has 8 heteroatoms. The van der Waals surface area contributed by atoms with E-state index >= 15 is 0 Å². The van der Waals surface area contributed by atoms with E-state index in [0.29, 0.717) is 6.54 Å². The van der Waals surface area contributed by atoms with Crippen LogP contribution in [-0.2, 0) is 10.1 Å². The molecule has 2 N–H and O–H groups in total. The zero-order valence-corrected chi connectivity index (χ0v) is 13.8. The Morgan fingerprint density at radius 3 is 2.63 bits per heavy atom. The summed E-state index contributed by atoms with van der Waals surface area (Å²) >= 11 is 0. The second-order valence-electron chi connectivity index (χ2n) is 3.72. The summed E-state index contributed by atoms with van der Waals surface area (Å²) in [6, 6.07) is 4.79. The molecule has 2 amide bonds. The molecular formula is C11H15N2NaO4S. The number of hydrogen-bond acceptors (Lipinski definition) is 4. The van der Waals surface area contributed by atoms with Gasteiger partial charge in [0.2, 0.25) is 0 Å². The Balaban J connectivity index is 0.00000324. The van der Waals surface area contributed by atoms with Gasteiger partial charge in [0.25, 0.3) is 0 Å². The van der Waals surface area contributed by atoms with Crippen LogP contribution in [0.2, 0.25) is 0 Å². The Labute approximate surface area is 135 Å². The number of hydrogen-bond donors (Lipinski definition) is 2. The topological polar surface area (TPSA) is 98.3 Å². The second-order valence-corrected chi connectivity index (χ2v) is 5.10. The van der Waals surface area contributed by atoms with Crippen LogP contribution in [0, 0.1) is 0 Å². The molecule has 0 saturated heterocycles. The van der Waals surface area contributed by atoms with Crippen molar-refractivity contribution in [1.82, 2.24) is 5.32 Å². The molecule has 0 bridgehead atoms. The van der Waals surface area contributed by atoms with Crippen molar-refractivity contribution < 1.29 is 47.3 Å². The van der Waals surface area contributed by atoms with Crippen LogP contribution < -0.4 is 40.2 Å². The first-order chi connectivity index (χ1) is 8.43. The van der Waals surface area contributed by atoms with Crippen molar-refractivity contribution in [3.05, 3.63) is 24.3 Å². The smallest absolute Gasteiger partial charge is 0.744 e. The molecule has 6 nitrogen and oxygen atoms in total. The van der Waals surface area contributed by atoms with Gasteiger partial charge in [-0.05, 0) is 24.6 Å². The molecule has 0 spiro atoms. The molecule has 0 saturated carbocycles. The van der Waals surface area contributed by atoms with Gasteiger partial charge in [0.05, 0.1) is 4.90 Å². The number of rotatable bonds is 5. The van der Waals surface area contributed by atoms with E-state index in [4.69, 9.17) is 0 Å². The van der Waals surface area contributed by atoms with Gasteiger partial charge >= 0.3 is 35.6 Å². The summed E-state index contributed by atoms with van der Waals surface area (Å²) in [5.74, 6) is 0.